The normalized spacial score (nSPS) is 10.9. The molecule has 0 spiro atoms. The minimum atomic E-state index is -0.454. The Morgan fingerprint density at radius 3 is 2.88 bits per heavy atom. The fraction of sp³-hybridized carbons (Fsp3) is 0. The quantitative estimate of drug-likeness (QED) is 0.676. The lowest BCUT2D eigenvalue weighted by atomic mass is 10.2. The number of aromatic hydroxyl groups is 1. The van der Waals surface area contributed by atoms with Gasteiger partial charge >= 0.3 is 0 Å². The summed E-state index contributed by atoms with van der Waals surface area (Å²) in [5.74, 6) is -0.534. The van der Waals surface area contributed by atoms with Gasteiger partial charge in [-0.15, -0.1) is 0 Å². The highest BCUT2D eigenvalue weighted by Crippen LogP contribution is 2.23. The Balaban J connectivity index is 2.27. The molecule has 0 aliphatic carbocycles. The van der Waals surface area contributed by atoms with Crippen molar-refractivity contribution in [2.24, 2.45) is 0 Å². The van der Waals surface area contributed by atoms with Crippen molar-refractivity contribution in [2.45, 2.75) is 0 Å². The van der Waals surface area contributed by atoms with Crippen molar-refractivity contribution in [1.82, 2.24) is 4.57 Å². The van der Waals surface area contributed by atoms with Crippen molar-refractivity contribution in [3.8, 4) is 11.4 Å². The van der Waals surface area contributed by atoms with E-state index in [9.17, 15) is 9.50 Å². The van der Waals surface area contributed by atoms with E-state index in [-0.39, 0.29) is 5.75 Å². The van der Waals surface area contributed by atoms with Crippen LogP contribution in [0.1, 0.15) is 0 Å². The monoisotopic (exact) mass is 226 g/mol. The molecule has 0 saturated heterocycles. The first-order chi connectivity index (χ1) is 8.24. The number of phenolic OH excluding ortho intramolecular Hbond substituents is 1. The number of phenols is 1. The van der Waals surface area contributed by atoms with Gasteiger partial charge in [-0.05, 0) is 30.3 Å². The van der Waals surface area contributed by atoms with Crippen LogP contribution in [0.2, 0.25) is 0 Å². The summed E-state index contributed by atoms with van der Waals surface area (Å²) >= 11 is 0. The Morgan fingerprint density at radius 1 is 1.18 bits per heavy atom. The molecule has 0 saturated carbocycles. The molecule has 2 nitrogen and oxygen atoms in total. The fourth-order valence-electron chi connectivity index (χ4n) is 1.95. The first kappa shape index (κ1) is 9.90. The number of fused-ring (bicyclic) bond motifs is 1. The predicted molar refractivity (Wildman–Crippen MR) is 63.7 cm³/mol. The molecule has 0 aliphatic heterocycles. The first-order valence-corrected chi connectivity index (χ1v) is 5.21. The van der Waals surface area contributed by atoms with Crippen LogP contribution in [0.4, 0.5) is 4.39 Å². The van der Waals surface area contributed by atoms with Crippen LogP contribution in [0.3, 0.4) is 0 Å². The molecule has 0 bridgehead atoms. The molecule has 0 amide bonds. The summed E-state index contributed by atoms with van der Waals surface area (Å²) in [7, 11) is 0. The fourth-order valence-corrected chi connectivity index (χ4v) is 1.95. The molecular formula is C14H9FNO. The highest BCUT2D eigenvalue weighted by Gasteiger charge is 2.05. The zero-order valence-corrected chi connectivity index (χ0v) is 8.89. The van der Waals surface area contributed by atoms with Gasteiger partial charge in [-0.2, -0.15) is 0 Å². The van der Waals surface area contributed by atoms with Gasteiger partial charge in [-0.1, -0.05) is 6.07 Å². The van der Waals surface area contributed by atoms with Crippen molar-refractivity contribution >= 4 is 10.9 Å². The van der Waals surface area contributed by atoms with Crippen LogP contribution in [0, 0.1) is 11.9 Å². The third-order valence-electron chi connectivity index (χ3n) is 2.68. The van der Waals surface area contributed by atoms with Crippen LogP contribution in [0.15, 0.2) is 48.7 Å². The zero-order chi connectivity index (χ0) is 11.8. The molecule has 1 radical (unpaired) electrons. The number of aromatic nitrogens is 1. The SMILES string of the molecule is Oc1cc(F)cc(-n2ccc3c[c]ccc32)c1. The lowest BCUT2D eigenvalue weighted by molar-refractivity contribution is 0.469. The third kappa shape index (κ3) is 1.65. The highest BCUT2D eigenvalue weighted by atomic mass is 19.1. The maximum absolute atomic E-state index is 13.2. The number of halogens is 1. The van der Waals surface area contributed by atoms with E-state index in [1.54, 1.807) is 6.07 Å². The molecule has 0 aliphatic rings. The average Bonchev–Trinajstić information content (AvgIpc) is 2.71. The van der Waals surface area contributed by atoms with Crippen LogP contribution in [0.5, 0.6) is 5.75 Å². The second kappa shape index (κ2) is 3.63. The van der Waals surface area contributed by atoms with E-state index in [1.165, 1.54) is 12.1 Å². The summed E-state index contributed by atoms with van der Waals surface area (Å²) in [6.07, 6.45) is 1.84. The summed E-state index contributed by atoms with van der Waals surface area (Å²) in [6.45, 7) is 0. The Labute approximate surface area is 97.5 Å². The second-order valence-corrected chi connectivity index (χ2v) is 3.84. The van der Waals surface area contributed by atoms with Gasteiger partial charge in [0.15, 0.2) is 0 Å². The van der Waals surface area contributed by atoms with E-state index < -0.39 is 5.82 Å². The van der Waals surface area contributed by atoms with E-state index in [0.717, 1.165) is 17.0 Å². The van der Waals surface area contributed by atoms with Crippen LogP contribution in [-0.2, 0) is 0 Å². The van der Waals surface area contributed by atoms with Crippen LogP contribution < -0.4 is 0 Å². The van der Waals surface area contributed by atoms with E-state index >= 15 is 0 Å². The standard InChI is InChI=1S/C14H9FNO/c15-11-7-12(9-13(17)8-11)16-6-5-10-3-1-2-4-14(10)16/h2-9,17H. The van der Waals surface area contributed by atoms with Crippen LogP contribution in [-0.4, -0.2) is 9.67 Å². The molecule has 2 aromatic carbocycles. The van der Waals surface area contributed by atoms with E-state index in [1.807, 2.05) is 29.0 Å². The molecule has 83 valence electrons. The Kier molecular flexibility index (Phi) is 2.11. The van der Waals surface area contributed by atoms with Crippen molar-refractivity contribution in [2.75, 3.05) is 0 Å². The van der Waals surface area contributed by atoms with Gasteiger partial charge in [0.05, 0.1) is 11.2 Å². The average molecular weight is 226 g/mol. The minimum Gasteiger partial charge on any atom is -0.508 e. The largest absolute Gasteiger partial charge is 0.508 e. The number of rotatable bonds is 1. The van der Waals surface area contributed by atoms with E-state index in [2.05, 4.69) is 6.07 Å². The van der Waals surface area contributed by atoms with Crippen LogP contribution in [0.25, 0.3) is 16.6 Å². The van der Waals surface area contributed by atoms with Gasteiger partial charge in [0.25, 0.3) is 0 Å². The van der Waals surface area contributed by atoms with E-state index in [0.29, 0.717) is 5.69 Å². The topological polar surface area (TPSA) is 25.2 Å². The molecule has 0 fully saturated rings. The lowest BCUT2D eigenvalue weighted by Crippen LogP contribution is -1.92. The molecule has 1 N–H and O–H groups in total. The first-order valence-electron chi connectivity index (χ1n) is 5.21. The summed E-state index contributed by atoms with van der Waals surface area (Å²) in [6, 6.07) is 14.5. The van der Waals surface area contributed by atoms with Gasteiger partial charge in [0.2, 0.25) is 0 Å². The molecule has 0 unspecified atom stereocenters. The van der Waals surface area contributed by atoms with Crippen molar-refractivity contribution in [1.29, 1.82) is 0 Å². The van der Waals surface area contributed by atoms with E-state index in [4.69, 9.17) is 0 Å². The Bertz CT molecular complexity index is 667. The molecule has 1 aromatic heterocycles. The number of nitrogens with zero attached hydrogens (tertiary/aromatic N) is 1. The van der Waals surface area contributed by atoms with Gasteiger partial charge in [-0.25, -0.2) is 4.39 Å². The third-order valence-corrected chi connectivity index (χ3v) is 2.68. The highest BCUT2D eigenvalue weighted by molar-refractivity contribution is 5.81. The van der Waals surface area contributed by atoms with Gasteiger partial charge in [-0.3, -0.25) is 0 Å². The zero-order valence-electron chi connectivity index (χ0n) is 8.89. The molecule has 1 heterocycles. The smallest absolute Gasteiger partial charge is 0.128 e. The maximum Gasteiger partial charge on any atom is 0.128 e. The lowest BCUT2D eigenvalue weighted by Gasteiger charge is -2.06. The van der Waals surface area contributed by atoms with Gasteiger partial charge in [0, 0.05) is 23.7 Å². The summed E-state index contributed by atoms with van der Waals surface area (Å²) in [5, 5.41) is 10.4. The Hall–Kier alpha value is -2.29. The summed E-state index contributed by atoms with van der Waals surface area (Å²) in [5.41, 5.74) is 1.55. The van der Waals surface area contributed by atoms with Crippen LogP contribution >= 0.6 is 0 Å². The van der Waals surface area contributed by atoms with Crippen molar-refractivity contribution in [3.05, 3.63) is 60.5 Å². The summed E-state index contributed by atoms with van der Waals surface area (Å²) < 4.78 is 15.1. The van der Waals surface area contributed by atoms with Crippen molar-refractivity contribution < 1.29 is 9.50 Å². The number of hydrogen-bond donors (Lipinski definition) is 1. The number of hydrogen-bond acceptors (Lipinski definition) is 1. The molecule has 0 atom stereocenters. The van der Waals surface area contributed by atoms with Crippen molar-refractivity contribution in [3.63, 3.8) is 0 Å². The predicted octanol–water partition coefficient (Wildman–Crippen LogP) is 3.28. The number of benzene rings is 2. The molecule has 3 aromatic rings. The second-order valence-electron chi connectivity index (χ2n) is 3.84. The molecular weight excluding hydrogens is 217 g/mol. The summed E-state index contributed by atoms with van der Waals surface area (Å²) in [4.78, 5) is 0. The Morgan fingerprint density at radius 2 is 2.06 bits per heavy atom. The molecule has 3 rings (SSSR count). The van der Waals surface area contributed by atoms with Gasteiger partial charge in [0.1, 0.15) is 11.6 Å². The molecule has 17 heavy (non-hydrogen) atoms. The minimum absolute atomic E-state index is 0.0793. The maximum atomic E-state index is 13.2. The molecule has 3 heteroatoms. The van der Waals surface area contributed by atoms with Gasteiger partial charge < -0.3 is 9.67 Å².